The summed E-state index contributed by atoms with van der Waals surface area (Å²) < 4.78 is 1.12. The summed E-state index contributed by atoms with van der Waals surface area (Å²) in [5.41, 5.74) is 10.4. The monoisotopic (exact) mass is 779 g/mol. The molecule has 11 nitrogen and oxygen atoms in total. The number of carbonyl (C=O) groups excluding carboxylic acids is 4. The number of nitrogens with two attached hydrogens (primary N) is 1. The highest BCUT2D eigenvalue weighted by Gasteiger charge is 2.36. The van der Waals surface area contributed by atoms with E-state index in [1.165, 1.54) is 0 Å². The van der Waals surface area contributed by atoms with Crippen LogP contribution in [0.25, 0.3) is 11.1 Å². The quantitative estimate of drug-likeness (QED) is 0.221. The number of amides is 4. The van der Waals surface area contributed by atoms with Gasteiger partial charge in [0, 0.05) is 77.4 Å². The number of halogens is 2. The molecule has 3 heterocycles. The molecule has 0 spiro atoms. The Morgan fingerprint density at radius 1 is 0.917 bits per heavy atom. The molecule has 0 bridgehead atoms. The number of fused-ring (bicyclic) bond motifs is 3. The number of rotatable bonds is 8. The summed E-state index contributed by atoms with van der Waals surface area (Å²) in [5, 5.41) is 5.97. The highest BCUT2D eigenvalue weighted by atomic mass is 79.9. The predicted octanol–water partition coefficient (Wildman–Crippen LogP) is 4.81. The van der Waals surface area contributed by atoms with Gasteiger partial charge >= 0.3 is 6.03 Å². The molecule has 2 fully saturated rings. The van der Waals surface area contributed by atoms with Crippen molar-refractivity contribution >= 4 is 72.6 Å². The average molecular weight is 782 g/mol. The second-order valence-electron chi connectivity index (χ2n) is 12.6. The summed E-state index contributed by atoms with van der Waals surface area (Å²) in [5.74, 6) is -0.894. The zero-order chi connectivity index (χ0) is 33.9. The van der Waals surface area contributed by atoms with Gasteiger partial charge in [-0.15, -0.1) is 0 Å². The van der Waals surface area contributed by atoms with E-state index in [0.29, 0.717) is 46.1 Å². The Labute approximate surface area is 297 Å². The fraction of sp³-hybridized carbons (Fsp3) is 0.371. The normalized spacial score (nSPS) is 17.9. The maximum atomic E-state index is 14.1. The van der Waals surface area contributed by atoms with Gasteiger partial charge in [0.25, 0.3) is 0 Å². The van der Waals surface area contributed by atoms with Crippen molar-refractivity contribution in [3.8, 4) is 11.1 Å². The van der Waals surface area contributed by atoms with E-state index in [0.717, 1.165) is 48.7 Å². The van der Waals surface area contributed by atoms with Crippen molar-refractivity contribution in [1.82, 2.24) is 20.0 Å². The highest BCUT2D eigenvalue weighted by Crippen LogP contribution is 2.40. The Balaban J connectivity index is 1.17. The van der Waals surface area contributed by atoms with E-state index in [-0.39, 0.29) is 42.6 Å². The molecule has 3 aromatic carbocycles. The molecule has 0 aromatic heterocycles. The van der Waals surface area contributed by atoms with Gasteiger partial charge in [-0.05, 0) is 76.0 Å². The molecular formula is C35H39Br2N7O4. The molecule has 13 heteroatoms. The molecule has 4 N–H and O–H groups in total. The first-order valence-corrected chi connectivity index (χ1v) is 17.7. The molecule has 3 aliphatic heterocycles. The van der Waals surface area contributed by atoms with Gasteiger partial charge in [-0.1, -0.05) is 36.4 Å². The second-order valence-corrected chi connectivity index (χ2v) is 14.3. The molecule has 3 aromatic rings. The number of likely N-dealkylation sites (tertiary alicyclic amines) is 1. The molecule has 1 atom stereocenters. The van der Waals surface area contributed by atoms with Crippen LogP contribution in [0.2, 0.25) is 0 Å². The van der Waals surface area contributed by atoms with Gasteiger partial charge in [-0.3, -0.25) is 24.2 Å². The Hall–Kier alpha value is -3.78. The number of likely N-dealkylation sites (N-methyl/N-ethyl adjacent to an activating group) is 1. The van der Waals surface area contributed by atoms with Crippen molar-refractivity contribution in [2.75, 3.05) is 68.8 Å². The number of piperazine rings is 1. The summed E-state index contributed by atoms with van der Waals surface area (Å²) in [6, 6.07) is 17.5. The van der Waals surface area contributed by atoms with Crippen LogP contribution in [0.3, 0.4) is 0 Å². The molecular weight excluding hydrogens is 742 g/mol. The molecule has 6 rings (SSSR count). The van der Waals surface area contributed by atoms with Crippen LogP contribution < -0.4 is 21.3 Å². The maximum absolute atomic E-state index is 14.1. The van der Waals surface area contributed by atoms with Crippen LogP contribution in [0.4, 0.5) is 21.9 Å². The number of nitrogens with one attached hydrogen (secondary N) is 2. The number of hydrogen-bond donors (Lipinski definition) is 3. The van der Waals surface area contributed by atoms with Crippen LogP contribution in [0.1, 0.15) is 29.6 Å². The molecule has 0 radical (unpaired) electrons. The fourth-order valence-corrected chi connectivity index (χ4v) is 7.83. The van der Waals surface area contributed by atoms with Gasteiger partial charge in [0.2, 0.25) is 11.8 Å². The molecule has 0 aliphatic carbocycles. The van der Waals surface area contributed by atoms with E-state index >= 15 is 0 Å². The van der Waals surface area contributed by atoms with Crippen molar-refractivity contribution < 1.29 is 19.2 Å². The lowest BCUT2D eigenvalue weighted by molar-refractivity contribution is -0.137. The van der Waals surface area contributed by atoms with Crippen LogP contribution in [0.5, 0.6) is 0 Å². The van der Waals surface area contributed by atoms with Crippen molar-refractivity contribution in [2.45, 2.75) is 31.3 Å². The van der Waals surface area contributed by atoms with Crippen molar-refractivity contribution in [3.63, 3.8) is 0 Å². The summed E-state index contributed by atoms with van der Waals surface area (Å²) >= 11 is 6.79. The van der Waals surface area contributed by atoms with Crippen molar-refractivity contribution in [2.24, 2.45) is 0 Å². The number of benzene rings is 3. The van der Waals surface area contributed by atoms with E-state index in [9.17, 15) is 19.2 Å². The van der Waals surface area contributed by atoms with Crippen LogP contribution >= 0.6 is 31.9 Å². The Kier molecular flexibility index (Phi) is 10.5. The number of Topliss-reactive ketones (excluding diaryl/α,β-unsaturated/α-hetero) is 1. The van der Waals surface area contributed by atoms with E-state index < -0.39 is 6.04 Å². The molecule has 4 amide bonds. The van der Waals surface area contributed by atoms with Gasteiger partial charge in [-0.25, -0.2) is 4.79 Å². The molecule has 2 saturated heterocycles. The van der Waals surface area contributed by atoms with Crippen LogP contribution in [0.15, 0.2) is 69.6 Å². The minimum Gasteiger partial charge on any atom is -0.397 e. The number of piperidine rings is 1. The summed E-state index contributed by atoms with van der Waals surface area (Å²) in [7, 11) is 2.05. The van der Waals surface area contributed by atoms with Gasteiger partial charge in [0.05, 0.1) is 23.6 Å². The molecule has 252 valence electrons. The van der Waals surface area contributed by atoms with E-state index in [4.69, 9.17) is 5.73 Å². The minimum atomic E-state index is -1.04. The van der Waals surface area contributed by atoms with Gasteiger partial charge in [-0.2, -0.15) is 0 Å². The third kappa shape index (κ3) is 7.44. The topological polar surface area (TPSA) is 131 Å². The van der Waals surface area contributed by atoms with E-state index in [2.05, 4.69) is 52.3 Å². The average Bonchev–Trinajstić information content (AvgIpc) is 3.20. The van der Waals surface area contributed by atoms with Gasteiger partial charge in [0.1, 0.15) is 6.04 Å². The number of nitrogens with zero attached hydrogens (tertiary/aromatic N) is 4. The largest absolute Gasteiger partial charge is 0.397 e. The number of anilines is 3. The van der Waals surface area contributed by atoms with E-state index in [1.807, 2.05) is 60.5 Å². The standard InChI is InChI=1S/C35H39Br2N7O4/c1-41-14-16-42(17-15-41)21-32(46)39-29(20-31(45)22-18-26(36)33(38)27(37)19-22)34(47)43-12-10-23(11-13-43)44-30-9-5-3-7-25(30)24-6-2-4-8-28(24)40-35(44)48/h2-9,18-19,23,29H,10-17,20-21,38H2,1H3,(H,39,46)(H,40,48)/t29-/m0/s1. The number of para-hydroxylation sites is 2. The van der Waals surface area contributed by atoms with Crippen molar-refractivity contribution in [1.29, 1.82) is 0 Å². The molecule has 0 saturated carbocycles. The minimum absolute atomic E-state index is 0.152. The number of hydrogen-bond acceptors (Lipinski definition) is 7. The fourth-order valence-electron chi connectivity index (χ4n) is 6.65. The first kappa shape index (κ1) is 34.1. The van der Waals surface area contributed by atoms with E-state index in [1.54, 1.807) is 17.0 Å². The number of carbonyl (C=O) groups is 4. The molecule has 0 unspecified atom stereocenters. The third-order valence-electron chi connectivity index (χ3n) is 9.37. The van der Waals surface area contributed by atoms with Gasteiger partial charge in [0.15, 0.2) is 5.78 Å². The van der Waals surface area contributed by atoms with Gasteiger partial charge < -0.3 is 26.2 Å². The molecule has 48 heavy (non-hydrogen) atoms. The summed E-state index contributed by atoms with van der Waals surface area (Å²) in [6.07, 6.45) is 0.880. The lowest BCUT2D eigenvalue weighted by atomic mass is 9.97. The first-order chi connectivity index (χ1) is 23.1. The summed E-state index contributed by atoms with van der Waals surface area (Å²) in [6.45, 7) is 4.12. The lowest BCUT2D eigenvalue weighted by Gasteiger charge is -2.39. The number of nitrogen functional groups attached to an aromatic ring is 1. The zero-order valence-electron chi connectivity index (χ0n) is 26.8. The van der Waals surface area contributed by atoms with Crippen LogP contribution in [-0.4, -0.2) is 103 Å². The zero-order valence-corrected chi connectivity index (χ0v) is 29.9. The predicted molar refractivity (Wildman–Crippen MR) is 194 cm³/mol. The molecule has 3 aliphatic rings. The Morgan fingerprint density at radius 3 is 2.23 bits per heavy atom. The maximum Gasteiger partial charge on any atom is 0.326 e. The number of ketones is 1. The number of urea groups is 1. The lowest BCUT2D eigenvalue weighted by Crippen LogP contribution is -2.56. The second kappa shape index (κ2) is 14.8. The SMILES string of the molecule is CN1CCN(CC(=O)N[C@@H](CC(=O)c2cc(Br)c(N)c(Br)c2)C(=O)N2CCC(N3C(=O)Nc4ccccc4-c4ccccc43)CC2)CC1. The third-order valence-corrected chi connectivity index (χ3v) is 10.7. The van der Waals surface area contributed by atoms with Crippen molar-refractivity contribution in [3.05, 3.63) is 75.2 Å². The van der Waals surface area contributed by atoms with Crippen LogP contribution in [0, 0.1) is 0 Å². The highest BCUT2D eigenvalue weighted by molar-refractivity contribution is 9.11. The van der Waals surface area contributed by atoms with Crippen LogP contribution in [-0.2, 0) is 9.59 Å². The Bertz CT molecular complexity index is 1700. The smallest absolute Gasteiger partial charge is 0.326 e. The first-order valence-electron chi connectivity index (χ1n) is 16.1. The summed E-state index contributed by atoms with van der Waals surface area (Å²) in [4.78, 5) is 62.3. The Morgan fingerprint density at radius 2 is 1.54 bits per heavy atom.